The van der Waals surface area contributed by atoms with E-state index >= 15 is 0 Å². The standard InChI is InChI=1S/C17H26O5/c1-16(2,19)15(18)14-13(21-17(3,4)22-14)11-20-10-12-8-6-5-7-9-12/h5-9,13-15,18-19H,10-11H2,1-4H3/t13-,14-,15-/m1/s1. The Morgan fingerprint density at radius 2 is 1.86 bits per heavy atom. The van der Waals surface area contributed by atoms with E-state index < -0.39 is 29.7 Å². The van der Waals surface area contributed by atoms with Crippen LogP contribution in [0.1, 0.15) is 33.3 Å². The molecule has 2 rings (SSSR count). The molecule has 22 heavy (non-hydrogen) atoms. The Bertz CT molecular complexity index is 466. The van der Waals surface area contributed by atoms with E-state index in [4.69, 9.17) is 14.2 Å². The molecule has 1 fully saturated rings. The van der Waals surface area contributed by atoms with Crippen molar-refractivity contribution in [2.45, 2.75) is 64.0 Å². The number of ether oxygens (including phenoxy) is 3. The smallest absolute Gasteiger partial charge is 0.164 e. The van der Waals surface area contributed by atoms with Crippen LogP contribution in [0.4, 0.5) is 0 Å². The Morgan fingerprint density at radius 3 is 2.45 bits per heavy atom. The van der Waals surface area contributed by atoms with Gasteiger partial charge in [0.1, 0.15) is 18.3 Å². The van der Waals surface area contributed by atoms with Gasteiger partial charge in [-0.1, -0.05) is 30.3 Å². The summed E-state index contributed by atoms with van der Waals surface area (Å²) in [5, 5.41) is 20.3. The summed E-state index contributed by atoms with van der Waals surface area (Å²) < 4.78 is 17.2. The van der Waals surface area contributed by atoms with Crippen LogP contribution in [0, 0.1) is 0 Å². The summed E-state index contributed by atoms with van der Waals surface area (Å²) in [6, 6.07) is 9.84. The predicted octanol–water partition coefficient (Wildman–Crippen LogP) is 1.86. The SMILES string of the molecule is CC1(C)O[C@@H]([C@@H](O)C(C)(C)O)[C@@H](COCc2ccccc2)O1. The monoisotopic (exact) mass is 310 g/mol. The molecule has 0 spiro atoms. The first-order chi connectivity index (χ1) is 10.2. The molecule has 0 unspecified atom stereocenters. The molecule has 0 radical (unpaired) electrons. The molecule has 1 saturated heterocycles. The van der Waals surface area contributed by atoms with Gasteiger partial charge in [-0.15, -0.1) is 0 Å². The van der Waals surface area contributed by atoms with E-state index in [0.29, 0.717) is 6.61 Å². The largest absolute Gasteiger partial charge is 0.388 e. The molecule has 124 valence electrons. The third-order valence-corrected chi connectivity index (χ3v) is 3.65. The lowest BCUT2D eigenvalue weighted by molar-refractivity contribution is -0.172. The summed E-state index contributed by atoms with van der Waals surface area (Å²) in [4.78, 5) is 0. The van der Waals surface area contributed by atoms with Crippen LogP contribution in [-0.4, -0.2) is 46.5 Å². The highest BCUT2D eigenvalue weighted by Gasteiger charge is 2.48. The zero-order chi connectivity index (χ0) is 16.4. The van der Waals surface area contributed by atoms with Crippen LogP contribution >= 0.6 is 0 Å². The fourth-order valence-corrected chi connectivity index (χ4v) is 2.53. The Kier molecular flexibility index (Phi) is 5.25. The number of aliphatic hydroxyl groups is 2. The van der Waals surface area contributed by atoms with Crippen molar-refractivity contribution >= 4 is 0 Å². The molecule has 0 aromatic heterocycles. The number of hydrogen-bond donors (Lipinski definition) is 2. The van der Waals surface area contributed by atoms with Gasteiger partial charge in [0.15, 0.2) is 5.79 Å². The first-order valence-corrected chi connectivity index (χ1v) is 7.57. The lowest BCUT2D eigenvalue weighted by Gasteiger charge is -2.31. The summed E-state index contributed by atoms with van der Waals surface area (Å²) in [7, 11) is 0. The molecule has 0 amide bonds. The summed E-state index contributed by atoms with van der Waals surface area (Å²) in [6.45, 7) is 7.42. The van der Waals surface area contributed by atoms with Crippen molar-refractivity contribution in [3.63, 3.8) is 0 Å². The molecule has 1 aliphatic rings. The van der Waals surface area contributed by atoms with Gasteiger partial charge in [-0.2, -0.15) is 0 Å². The van der Waals surface area contributed by atoms with Crippen LogP contribution < -0.4 is 0 Å². The maximum absolute atomic E-state index is 10.3. The maximum Gasteiger partial charge on any atom is 0.164 e. The minimum absolute atomic E-state index is 0.288. The van der Waals surface area contributed by atoms with Crippen molar-refractivity contribution in [1.29, 1.82) is 0 Å². The third kappa shape index (κ3) is 4.51. The topological polar surface area (TPSA) is 68.2 Å². The van der Waals surface area contributed by atoms with Gasteiger partial charge in [-0.3, -0.25) is 0 Å². The quantitative estimate of drug-likeness (QED) is 0.839. The minimum atomic E-state index is -1.27. The summed E-state index contributed by atoms with van der Waals surface area (Å²) >= 11 is 0. The van der Waals surface area contributed by atoms with Gasteiger partial charge in [0.2, 0.25) is 0 Å². The summed E-state index contributed by atoms with van der Waals surface area (Å²) in [5.74, 6) is -0.808. The molecule has 1 aromatic carbocycles. The molecule has 0 bridgehead atoms. The Hall–Kier alpha value is -0.980. The van der Waals surface area contributed by atoms with Gasteiger partial charge in [-0.05, 0) is 33.3 Å². The second-order valence-electron chi connectivity index (χ2n) is 6.74. The van der Waals surface area contributed by atoms with E-state index in [1.54, 1.807) is 27.7 Å². The van der Waals surface area contributed by atoms with E-state index in [2.05, 4.69) is 0 Å². The van der Waals surface area contributed by atoms with Crippen molar-refractivity contribution in [1.82, 2.24) is 0 Å². The second kappa shape index (κ2) is 6.64. The molecule has 1 aromatic rings. The first-order valence-electron chi connectivity index (χ1n) is 7.57. The number of aliphatic hydroxyl groups excluding tert-OH is 1. The van der Waals surface area contributed by atoms with Crippen LogP contribution in [0.25, 0.3) is 0 Å². The van der Waals surface area contributed by atoms with Crippen molar-refractivity contribution in [2.75, 3.05) is 6.61 Å². The van der Waals surface area contributed by atoms with E-state index in [-0.39, 0.29) is 6.61 Å². The average molecular weight is 310 g/mol. The Labute approximate surface area is 131 Å². The second-order valence-corrected chi connectivity index (χ2v) is 6.74. The highest BCUT2D eigenvalue weighted by atomic mass is 16.8. The normalized spacial score (nSPS) is 26.1. The first kappa shape index (κ1) is 17.4. The van der Waals surface area contributed by atoms with Crippen molar-refractivity contribution in [3.05, 3.63) is 35.9 Å². The van der Waals surface area contributed by atoms with Crippen LogP contribution in [0.3, 0.4) is 0 Å². The molecule has 3 atom stereocenters. The van der Waals surface area contributed by atoms with E-state index in [1.807, 2.05) is 30.3 Å². The van der Waals surface area contributed by atoms with Gasteiger partial charge in [0.25, 0.3) is 0 Å². The van der Waals surface area contributed by atoms with E-state index in [9.17, 15) is 10.2 Å². The number of rotatable bonds is 6. The molecule has 0 aliphatic carbocycles. The highest BCUT2D eigenvalue weighted by molar-refractivity contribution is 5.13. The van der Waals surface area contributed by atoms with Crippen LogP contribution in [0.5, 0.6) is 0 Å². The highest BCUT2D eigenvalue weighted by Crippen LogP contribution is 2.33. The molecule has 1 heterocycles. The lowest BCUT2D eigenvalue weighted by Crippen LogP contribution is -2.49. The van der Waals surface area contributed by atoms with Gasteiger partial charge >= 0.3 is 0 Å². The fourth-order valence-electron chi connectivity index (χ4n) is 2.53. The van der Waals surface area contributed by atoms with Crippen LogP contribution in [0.2, 0.25) is 0 Å². The average Bonchev–Trinajstić information content (AvgIpc) is 2.73. The number of hydrogen-bond acceptors (Lipinski definition) is 5. The minimum Gasteiger partial charge on any atom is -0.388 e. The molecule has 5 heteroatoms. The Balaban J connectivity index is 1.95. The van der Waals surface area contributed by atoms with Gasteiger partial charge < -0.3 is 24.4 Å². The Morgan fingerprint density at radius 1 is 1.23 bits per heavy atom. The number of benzene rings is 1. The molecule has 0 saturated carbocycles. The molecule has 2 N–H and O–H groups in total. The maximum atomic E-state index is 10.3. The molecular formula is C17H26O5. The zero-order valence-corrected chi connectivity index (χ0v) is 13.7. The lowest BCUT2D eigenvalue weighted by atomic mass is 9.94. The molecular weight excluding hydrogens is 284 g/mol. The van der Waals surface area contributed by atoms with Gasteiger partial charge in [0, 0.05) is 0 Å². The van der Waals surface area contributed by atoms with Crippen LogP contribution in [0.15, 0.2) is 30.3 Å². The van der Waals surface area contributed by atoms with E-state index in [1.165, 1.54) is 0 Å². The third-order valence-electron chi connectivity index (χ3n) is 3.65. The molecule has 5 nitrogen and oxygen atoms in total. The fraction of sp³-hybridized carbons (Fsp3) is 0.647. The van der Waals surface area contributed by atoms with Crippen molar-refractivity contribution in [3.8, 4) is 0 Å². The predicted molar refractivity (Wildman–Crippen MR) is 82.2 cm³/mol. The van der Waals surface area contributed by atoms with E-state index in [0.717, 1.165) is 5.56 Å². The molecule has 1 aliphatic heterocycles. The summed E-state index contributed by atoms with van der Waals surface area (Å²) in [5.41, 5.74) is -0.202. The van der Waals surface area contributed by atoms with Crippen LogP contribution in [-0.2, 0) is 20.8 Å². The van der Waals surface area contributed by atoms with Gasteiger partial charge in [-0.25, -0.2) is 0 Å². The summed E-state index contributed by atoms with van der Waals surface area (Å²) in [6.07, 6.45) is -2.12. The zero-order valence-electron chi connectivity index (χ0n) is 13.7. The van der Waals surface area contributed by atoms with Crippen molar-refractivity contribution in [2.24, 2.45) is 0 Å². The van der Waals surface area contributed by atoms with Gasteiger partial charge in [0.05, 0.1) is 18.8 Å². The van der Waals surface area contributed by atoms with Crippen molar-refractivity contribution < 1.29 is 24.4 Å².